The van der Waals surface area contributed by atoms with E-state index >= 15 is 0 Å². The van der Waals surface area contributed by atoms with Crippen LogP contribution in [0.25, 0.3) is 0 Å². The molecule has 0 unspecified atom stereocenters. The van der Waals surface area contributed by atoms with E-state index in [4.69, 9.17) is 0 Å². The van der Waals surface area contributed by atoms with Crippen molar-refractivity contribution < 1.29 is 0 Å². The van der Waals surface area contributed by atoms with Crippen molar-refractivity contribution >= 4 is 16.5 Å². The Morgan fingerprint density at radius 2 is 2.45 bits per heavy atom. The summed E-state index contributed by atoms with van der Waals surface area (Å²) in [5.74, 6) is 0. The van der Waals surface area contributed by atoms with Crippen LogP contribution in [0.15, 0.2) is 5.38 Å². The van der Waals surface area contributed by atoms with E-state index in [9.17, 15) is 0 Å². The van der Waals surface area contributed by atoms with Gasteiger partial charge in [-0.05, 0) is 27.2 Å². The number of hydrogen-bond donors (Lipinski definition) is 1. The molecule has 0 spiro atoms. The number of nitrogens with one attached hydrogen (secondary N) is 1. The second kappa shape index (κ2) is 3.72. The predicted molar refractivity (Wildman–Crippen MR) is 49.9 cm³/mol. The molecule has 3 heteroatoms. The summed E-state index contributed by atoms with van der Waals surface area (Å²) in [7, 11) is 0. The number of anilines is 1. The van der Waals surface area contributed by atoms with Crippen LogP contribution in [0.3, 0.4) is 0 Å². The van der Waals surface area contributed by atoms with Crippen molar-refractivity contribution in [1.82, 2.24) is 4.98 Å². The Hall–Kier alpha value is -0.570. The van der Waals surface area contributed by atoms with Gasteiger partial charge in [-0.3, -0.25) is 0 Å². The molecule has 0 atom stereocenters. The van der Waals surface area contributed by atoms with E-state index in [0.717, 1.165) is 17.2 Å². The minimum atomic E-state index is 0.457. The van der Waals surface area contributed by atoms with E-state index in [2.05, 4.69) is 31.1 Å². The van der Waals surface area contributed by atoms with Gasteiger partial charge in [0.1, 0.15) is 0 Å². The number of nitrogens with zero attached hydrogens (tertiary/aromatic N) is 1. The summed E-state index contributed by atoms with van der Waals surface area (Å²) < 4.78 is 0. The molecule has 1 heterocycles. The van der Waals surface area contributed by atoms with Crippen LogP contribution in [-0.2, 0) is 6.42 Å². The summed E-state index contributed by atoms with van der Waals surface area (Å²) in [6.07, 6.45) is 0.774. The fourth-order valence-electron chi connectivity index (χ4n) is 0.735. The van der Waals surface area contributed by atoms with Crippen LogP contribution in [0, 0.1) is 6.92 Å². The Bertz CT molecular complexity index is 218. The number of rotatable bonds is 3. The molecule has 1 aromatic rings. The van der Waals surface area contributed by atoms with Gasteiger partial charge in [-0.25, -0.2) is 4.98 Å². The van der Waals surface area contributed by atoms with Crippen molar-refractivity contribution in [3.05, 3.63) is 18.0 Å². The highest BCUT2D eigenvalue weighted by atomic mass is 32.1. The molecule has 0 amide bonds. The van der Waals surface area contributed by atoms with Crippen LogP contribution >= 0.6 is 11.3 Å². The Kier molecular flexibility index (Phi) is 2.88. The van der Waals surface area contributed by atoms with Gasteiger partial charge in [0.05, 0.1) is 5.69 Å². The first-order valence-electron chi connectivity index (χ1n) is 3.72. The van der Waals surface area contributed by atoms with Crippen molar-refractivity contribution in [3.8, 4) is 0 Å². The van der Waals surface area contributed by atoms with Crippen LogP contribution < -0.4 is 5.32 Å². The molecule has 2 nitrogen and oxygen atoms in total. The summed E-state index contributed by atoms with van der Waals surface area (Å²) in [5, 5.41) is 6.28. The normalized spacial score (nSPS) is 10.5. The average molecular weight is 169 g/mol. The highest BCUT2D eigenvalue weighted by Gasteiger charge is 1.99. The third kappa shape index (κ3) is 2.50. The van der Waals surface area contributed by atoms with Crippen LogP contribution in [0.1, 0.15) is 19.5 Å². The summed E-state index contributed by atoms with van der Waals surface area (Å²) in [4.78, 5) is 4.31. The van der Waals surface area contributed by atoms with Gasteiger partial charge in [0.2, 0.25) is 0 Å². The molecule has 0 aliphatic carbocycles. The molecular formula is C8H13N2S. The van der Waals surface area contributed by atoms with E-state index in [1.807, 2.05) is 5.38 Å². The number of hydrogen-bond acceptors (Lipinski definition) is 3. The van der Waals surface area contributed by atoms with Gasteiger partial charge in [-0.2, -0.15) is 0 Å². The standard InChI is InChI=1S/C8H13N2S/c1-4-7-5-11-8(10-7)9-6(2)3/h5-6H,1,4H2,2-3H3,(H,9,10). The van der Waals surface area contributed by atoms with Gasteiger partial charge in [-0.1, -0.05) is 0 Å². The van der Waals surface area contributed by atoms with E-state index < -0.39 is 0 Å². The molecule has 0 saturated heterocycles. The summed E-state index contributed by atoms with van der Waals surface area (Å²) in [6, 6.07) is 0.457. The quantitative estimate of drug-likeness (QED) is 0.751. The van der Waals surface area contributed by atoms with Gasteiger partial charge in [0.25, 0.3) is 0 Å². The maximum atomic E-state index is 4.31. The zero-order valence-electron chi connectivity index (χ0n) is 6.92. The van der Waals surface area contributed by atoms with Crippen LogP contribution in [-0.4, -0.2) is 11.0 Å². The number of aromatic nitrogens is 1. The molecular weight excluding hydrogens is 156 g/mol. The summed E-state index contributed by atoms with van der Waals surface area (Å²) >= 11 is 1.64. The maximum absolute atomic E-state index is 4.31. The van der Waals surface area contributed by atoms with Gasteiger partial charge in [-0.15, -0.1) is 11.3 Å². The Balaban J connectivity index is 2.58. The SMILES string of the molecule is [CH2]Cc1csc(NC(C)C)n1. The monoisotopic (exact) mass is 169 g/mol. The van der Waals surface area contributed by atoms with Crippen molar-refractivity contribution in [2.24, 2.45) is 0 Å². The second-order valence-corrected chi connectivity index (χ2v) is 3.55. The summed E-state index contributed by atoms with van der Waals surface area (Å²) in [6.45, 7) is 7.97. The molecule has 1 rings (SSSR count). The predicted octanol–water partition coefficient (Wildman–Crippen LogP) is 2.34. The Morgan fingerprint density at radius 1 is 1.73 bits per heavy atom. The first kappa shape index (κ1) is 8.53. The maximum Gasteiger partial charge on any atom is 0.183 e. The van der Waals surface area contributed by atoms with Gasteiger partial charge >= 0.3 is 0 Å². The molecule has 61 valence electrons. The molecule has 0 fully saturated rings. The lowest BCUT2D eigenvalue weighted by atomic mass is 10.4. The van der Waals surface area contributed by atoms with E-state index in [-0.39, 0.29) is 0 Å². The Labute approximate surface area is 71.7 Å². The molecule has 0 aliphatic heterocycles. The molecule has 0 saturated carbocycles. The average Bonchev–Trinajstić information content (AvgIpc) is 2.34. The van der Waals surface area contributed by atoms with Crippen molar-refractivity contribution in [2.45, 2.75) is 26.3 Å². The molecule has 0 aromatic carbocycles. The first-order chi connectivity index (χ1) is 5.22. The topological polar surface area (TPSA) is 24.9 Å². The number of thiazole rings is 1. The molecule has 1 radical (unpaired) electrons. The van der Waals surface area contributed by atoms with Crippen LogP contribution in [0.5, 0.6) is 0 Å². The van der Waals surface area contributed by atoms with E-state index in [1.165, 1.54) is 0 Å². The molecule has 0 aliphatic rings. The first-order valence-corrected chi connectivity index (χ1v) is 4.60. The molecule has 11 heavy (non-hydrogen) atoms. The van der Waals surface area contributed by atoms with E-state index in [1.54, 1.807) is 11.3 Å². The van der Waals surface area contributed by atoms with Gasteiger partial charge < -0.3 is 5.32 Å². The molecule has 0 bridgehead atoms. The van der Waals surface area contributed by atoms with Crippen molar-refractivity contribution in [3.63, 3.8) is 0 Å². The fraction of sp³-hybridized carbons (Fsp3) is 0.500. The van der Waals surface area contributed by atoms with Gasteiger partial charge in [0, 0.05) is 11.4 Å². The second-order valence-electron chi connectivity index (χ2n) is 2.69. The lowest BCUT2D eigenvalue weighted by molar-refractivity contribution is 0.894. The third-order valence-corrected chi connectivity index (χ3v) is 2.04. The van der Waals surface area contributed by atoms with Crippen LogP contribution in [0.4, 0.5) is 5.13 Å². The Morgan fingerprint density at radius 3 is 2.91 bits per heavy atom. The highest BCUT2D eigenvalue weighted by molar-refractivity contribution is 7.13. The van der Waals surface area contributed by atoms with Crippen LogP contribution in [0.2, 0.25) is 0 Å². The zero-order chi connectivity index (χ0) is 8.27. The highest BCUT2D eigenvalue weighted by Crippen LogP contribution is 2.15. The zero-order valence-corrected chi connectivity index (χ0v) is 7.74. The largest absolute Gasteiger partial charge is 0.359 e. The molecule has 1 N–H and O–H groups in total. The lowest BCUT2D eigenvalue weighted by Crippen LogP contribution is -2.09. The minimum absolute atomic E-state index is 0.457. The minimum Gasteiger partial charge on any atom is -0.359 e. The smallest absolute Gasteiger partial charge is 0.183 e. The van der Waals surface area contributed by atoms with Gasteiger partial charge in [0.15, 0.2) is 5.13 Å². The fourth-order valence-corrected chi connectivity index (χ4v) is 1.63. The third-order valence-electron chi connectivity index (χ3n) is 1.22. The van der Waals surface area contributed by atoms with Crippen molar-refractivity contribution in [1.29, 1.82) is 0 Å². The summed E-state index contributed by atoms with van der Waals surface area (Å²) in [5.41, 5.74) is 1.07. The molecule has 1 aromatic heterocycles. The van der Waals surface area contributed by atoms with E-state index in [0.29, 0.717) is 6.04 Å². The van der Waals surface area contributed by atoms with Crippen molar-refractivity contribution in [2.75, 3.05) is 5.32 Å². The lowest BCUT2D eigenvalue weighted by Gasteiger charge is -2.03.